The highest BCUT2D eigenvalue weighted by atomic mass is 32.2. The molecule has 4 nitrogen and oxygen atoms in total. The second kappa shape index (κ2) is 4.86. The number of thioether (sulfide) groups is 1. The summed E-state index contributed by atoms with van der Waals surface area (Å²) in [5.74, 6) is -1.66. The van der Waals surface area contributed by atoms with Gasteiger partial charge in [-0.1, -0.05) is 17.4 Å². The van der Waals surface area contributed by atoms with E-state index < -0.39 is 17.0 Å². The van der Waals surface area contributed by atoms with Gasteiger partial charge in [0.05, 0.1) is 5.75 Å². The van der Waals surface area contributed by atoms with Gasteiger partial charge in [0.15, 0.2) is 11.6 Å². The average molecular weight is 299 g/mol. The summed E-state index contributed by atoms with van der Waals surface area (Å²) in [6.07, 6.45) is 0. The van der Waals surface area contributed by atoms with E-state index in [4.69, 9.17) is 0 Å². The molecule has 1 aromatic carbocycles. The number of halogens is 2. The van der Waals surface area contributed by atoms with Crippen molar-refractivity contribution in [2.75, 3.05) is 10.7 Å². The van der Waals surface area contributed by atoms with E-state index in [1.807, 2.05) is 0 Å². The maximum Gasteiger partial charge on any atom is 0.240 e. The molecule has 0 radical (unpaired) electrons. The van der Waals surface area contributed by atoms with Crippen LogP contribution in [0.25, 0.3) is 0 Å². The first-order valence-corrected chi connectivity index (χ1v) is 7.24. The van der Waals surface area contributed by atoms with E-state index in [1.54, 1.807) is 0 Å². The fraction of sp³-hybridized carbons (Fsp3) is 0.182. The molecule has 2 heterocycles. The van der Waals surface area contributed by atoms with E-state index >= 15 is 0 Å². The van der Waals surface area contributed by atoms with Crippen molar-refractivity contribution in [2.45, 2.75) is 5.37 Å². The first kappa shape index (κ1) is 12.5. The van der Waals surface area contributed by atoms with E-state index in [0.29, 0.717) is 10.7 Å². The van der Waals surface area contributed by atoms with Crippen LogP contribution in [0.1, 0.15) is 10.9 Å². The molecular weight excluding hydrogens is 292 g/mol. The van der Waals surface area contributed by atoms with Crippen molar-refractivity contribution in [1.82, 2.24) is 10.2 Å². The molecule has 0 bridgehead atoms. The van der Waals surface area contributed by atoms with Crippen LogP contribution in [0.2, 0.25) is 0 Å². The van der Waals surface area contributed by atoms with Crippen molar-refractivity contribution in [3.8, 4) is 0 Å². The molecular formula is C11H7F2N3OS2. The molecule has 1 aromatic heterocycles. The molecule has 2 aromatic rings. The smallest absolute Gasteiger partial charge is 0.240 e. The quantitative estimate of drug-likeness (QED) is 0.855. The van der Waals surface area contributed by atoms with Crippen LogP contribution >= 0.6 is 23.1 Å². The van der Waals surface area contributed by atoms with Crippen molar-refractivity contribution < 1.29 is 13.6 Å². The zero-order valence-electron chi connectivity index (χ0n) is 9.42. The molecule has 1 saturated heterocycles. The van der Waals surface area contributed by atoms with Crippen molar-refractivity contribution in [2.24, 2.45) is 0 Å². The lowest BCUT2D eigenvalue weighted by Crippen LogP contribution is -2.27. The van der Waals surface area contributed by atoms with Gasteiger partial charge in [-0.25, -0.2) is 8.78 Å². The molecule has 1 atom stereocenters. The molecule has 98 valence electrons. The summed E-state index contributed by atoms with van der Waals surface area (Å²) >= 11 is 2.58. The number of hydrogen-bond acceptors (Lipinski definition) is 5. The van der Waals surface area contributed by atoms with Crippen LogP contribution in [-0.2, 0) is 4.79 Å². The minimum Gasteiger partial charge on any atom is -0.273 e. The van der Waals surface area contributed by atoms with E-state index in [0.717, 1.165) is 12.1 Å². The molecule has 1 aliphatic rings. The molecule has 1 aliphatic heterocycles. The van der Waals surface area contributed by atoms with Crippen LogP contribution in [0.15, 0.2) is 23.7 Å². The molecule has 1 amide bonds. The number of hydrogen-bond donors (Lipinski definition) is 0. The lowest BCUT2D eigenvalue weighted by atomic mass is 10.2. The highest BCUT2D eigenvalue weighted by Crippen LogP contribution is 2.42. The normalized spacial score (nSPS) is 19.2. The minimum absolute atomic E-state index is 0.114. The summed E-state index contributed by atoms with van der Waals surface area (Å²) in [5.41, 5.74) is 2.05. The number of aromatic nitrogens is 2. The maximum absolute atomic E-state index is 13.3. The summed E-state index contributed by atoms with van der Waals surface area (Å²) in [6.45, 7) is 0. The van der Waals surface area contributed by atoms with Crippen LogP contribution in [0.4, 0.5) is 13.9 Å². The fourth-order valence-electron chi connectivity index (χ4n) is 1.82. The van der Waals surface area contributed by atoms with Gasteiger partial charge in [-0.2, -0.15) is 0 Å². The lowest BCUT2D eigenvalue weighted by Gasteiger charge is -2.20. The summed E-state index contributed by atoms with van der Waals surface area (Å²) in [6, 6.07) is 3.65. The summed E-state index contributed by atoms with van der Waals surface area (Å²) in [4.78, 5) is 13.4. The van der Waals surface area contributed by atoms with Crippen molar-refractivity contribution in [3.63, 3.8) is 0 Å². The highest BCUT2D eigenvalue weighted by molar-refractivity contribution is 8.00. The molecule has 0 N–H and O–H groups in total. The monoisotopic (exact) mass is 299 g/mol. The van der Waals surface area contributed by atoms with Gasteiger partial charge in [-0.3, -0.25) is 9.69 Å². The third-order valence-electron chi connectivity index (χ3n) is 2.65. The number of nitrogens with zero attached hydrogens (tertiary/aromatic N) is 3. The van der Waals surface area contributed by atoms with Gasteiger partial charge in [-0.15, -0.1) is 22.0 Å². The van der Waals surface area contributed by atoms with Gasteiger partial charge >= 0.3 is 0 Å². The Morgan fingerprint density at radius 2 is 2.16 bits per heavy atom. The number of carbonyl (C=O) groups excluding carboxylic acids is 1. The Morgan fingerprint density at radius 3 is 2.84 bits per heavy atom. The van der Waals surface area contributed by atoms with Crippen LogP contribution in [0, 0.1) is 11.6 Å². The summed E-state index contributed by atoms with van der Waals surface area (Å²) < 4.78 is 26.2. The standard InChI is InChI=1S/C11H7F2N3OS2/c12-7-2-1-6(3-8(7)13)10-16(9(17)4-18-10)11-15-14-5-19-11/h1-3,5,10H,4H2/t10-/m0/s1. The van der Waals surface area contributed by atoms with Gasteiger partial charge in [0.1, 0.15) is 10.9 Å². The Bertz CT molecular complexity index is 620. The van der Waals surface area contributed by atoms with E-state index in [-0.39, 0.29) is 11.7 Å². The Balaban J connectivity index is 1.99. The Kier molecular flexibility index (Phi) is 3.19. The molecule has 19 heavy (non-hydrogen) atoms. The molecule has 0 unspecified atom stereocenters. The van der Waals surface area contributed by atoms with E-state index in [2.05, 4.69) is 10.2 Å². The Morgan fingerprint density at radius 1 is 1.32 bits per heavy atom. The minimum atomic E-state index is -0.922. The third kappa shape index (κ3) is 2.21. The molecule has 8 heteroatoms. The zero-order chi connectivity index (χ0) is 13.4. The van der Waals surface area contributed by atoms with Crippen LogP contribution in [0.3, 0.4) is 0 Å². The highest BCUT2D eigenvalue weighted by Gasteiger charge is 2.36. The van der Waals surface area contributed by atoms with Crippen molar-refractivity contribution >= 4 is 34.1 Å². The Hall–Kier alpha value is -1.54. The zero-order valence-corrected chi connectivity index (χ0v) is 11.0. The van der Waals surface area contributed by atoms with Gasteiger partial charge in [0.2, 0.25) is 11.0 Å². The number of rotatable bonds is 2. The fourth-order valence-corrected chi connectivity index (χ4v) is 3.63. The largest absolute Gasteiger partial charge is 0.273 e. The molecule has 0 saturated carbocycles. The van der Waals surface area contributed by atoms with Crippen LogP contribution < -0.4 is 4.90 Å². The second-order valence-electron chi connectivity index (χ2n) is 3.82. The first-order chi connectivity index (χ1) is 9.16. The summed E-state index contributed by atoms with van der Waals surface area (Å²) in [7, 11) is 0. The molecule has 1 fully saturated rings. The number of carbonyl (C=O) groups is 1. The SMILES string of the molecule is O=C1CS[C@@H](c2ccc(F)c(F)c2)N1c1nncs1. The number of benzene rings is 1. The molecule has 3 rings (SSSR count). The van der Waals surface area contributed by atoms with Crippen molar-refractivity contribution in [3.05, 3.63) is 40.9 Å². The second-order valence-corrected chi connectivity index (χ2v) is 5.70. The Labute approximate surface area is 115 Å². The van der Waals surface area contributed by atoms with Crippen molar-refractivity contribution in [1.29, 1.82) is 0 Å². The third-order valence-corrected chi connectivity index (χ3v) is 4.55. The predicted molar refractivity (Wildman–Crippen MR) is 69.0 cm³/mol. The van der Waals surface area contributed by atoms with Gasteiger partial charge in [0, 0.05) is 0 Å². The topological polar surface area (TPSA) is 46.1 Å². The molecule has 0 spiro atoms. The number of anilines is 1. The number of amides is 1. The summed E-state index contributed by atoms with van der Waals surface area (Å²) in [5, 5.41) is 7.62. The lowest BCUT2D eigenvalue weighted by molar-refractivity contribution is -0.115. The van der Waals surface area contributed by atoms with E-state index in [9.17, 15) is 13.6 Å². The molecule has 0 aliphatic carbocycles. The average Bonchev–Trinajstić information content (AvgIpc) is 3.01. The van der Waals surface area contributed by atoms with Gasteiger partial charge < -0.3 is 0 Å². The predicted octanol–water partition coefficient (Wildman–Crippen LogP) is 2.59. The van der Waals surface area contributed by atoms with E-state index in [1.165, 1.54) is 39.6 Å². The van der Waals surface area contributed by atoms with Gasteiger partial charge in [-0.05, 0) is 17.7 Å². The van der Waals surface area contributed by atoms with Crippen LogP contribution in [0.5, 0.6) is 0 Å². The van der Waals surface area contributed by atoms with Gasteiger partial charge in [0.25, 0.3) is 0 Å². The first-order valence-electron chi connectivity index (χ1n) is 5.31. The maximum atomic E-state index is 13.3. The van der Waals surface area contributed by atoms with Crippen LogP contribution in [-0.4, -0.2) is 21.9 Å².